The van der Waals surface area contributed by atoms with Gasteiger partial charge in [0.1, 0.15) is 0 Å². The molecule has 0 bridgehead atoms. The number of nitrogens with one attached hydrogen (secondary N) is 2. The van der Waals surface area contributed by atoms with Crippen LogP contribution in [0.25, 0.3) is 0 Å². The van der Waals surface area contributed by atoms with Gasteiger partial charge < -0.3 is 14.8 Å². The van der Waals surface area contributed by atoms with Crippen molar-refractivity contribution in [3.05, 3.63) is 83.4 Å². The van der Waals surface area contributed by atoms with Gasteiger partial charge >= 0.3 is 0 Å². The number of amides is 1. The fourth-order valence-corrected chi connectivity index (χ4v) is 4.27. The van der Waals surface area contributed by atoms with E-state index in [0.717, 1.165) is 11.1 Å². The molecule has 3 rings (SSSR count). The lowest BCUT2D eigenvalue weighted by molar-refractivity contribution is 0.0954. The molecular weight excluding hydrogens is 428 g/mol. The zero-order valence-corrected chi connectivity index (χ0v) is 19.0. The van der Waals surface area contributed by atoms with Crippen molar-refractivity contribution in [1.82, 2.24) is 5.32 Å². The number of hydrogen-bond donors (Lipinski definition) is 2. The quantitative estimate of drug-likeness (QED) is 0.513. The van der Waals surface area contributed by atoms with E-state index >= 15 is 0 Å². The molecule has 3 aromatic carbocycles. The number of ether oxygens (including phenoxy) is 2. The van der Waals surface area contributed by atoms with Gasteiger partial charge in [0.25, 0.3) is 15.9 Å². The number of rotatable bonds is 9. The van der Waals surface area contributed by atoms with Crippen molar-refractivity contribution in [2.45, 2.75) is 18.2 Å². The first-order valence-corrected chi connectivity index (χ1v) is 11.5. The molecule has 8 heteroatoms. The SMILES string of the molecule is COc1ccc(CCNC(=O)c2ccc(S(=O)(=O)Nc3ccccc3C)cc2)cc1OC. The lowest BCUT2D eigenvalue weighted by atomic mass is 10.1. The van der Waals surface area contributed by atoms with Crippen LogP contribution in [-0.2, 0) is 16.4 Å². The highest BCUT2D eigenvalue weighted by Gasteiger charge is 2.16. The molecule has 1 amide bonds. The number of carbonyl (C=O) groups excluding carboxylic acids is 1. The highest BCUT2D eigenvalue weighted by molar-refractivity contribution is 7.92. The molecule has 0 aliphatic carbocycles. The second-order valence-corrected chi connectivity index (χ2v) is 8.82. The maximum Gasteiger partial charge on any atom is 0.261 e. The Balaban J connectivity index is 1.60. The van der Waals surface area contributed by atoms with Crippen LogP contribution in [0.4, 0.5) is 5.69 Å². The van der Waals surface area contributed by atoms with Gasteiger partial charge in [0.15, 0.2) is 11.5 Å². The molecule has 0 saturated carbocycles. The minimum absolute atomic E-state index is 0.0858. The van der Waals surface area contributed by atoms with E-state index in [1.165, 1.54) is 24.3 Å². The standard InChI is InChI=1S/C24H26N2O5S/c1-17-6-4-5-7-21(17)26-32(28,29)20-11-9-19(10-12-20)24(27)25-15-14-18-8-13-22(30-2)23(16-18)31-3/h4-13,16,26H,14-15H2,1-3H3,(H,25,27). The van der Waals surface area contributed by atoms with Crippen LogP contribution in [-0.4, -0.2) is 35.1 Å². The second kappa shape index (κ2) is 10.2. The average molecular weight is 455 g/mol. The molecule has 0 spiro atoms. The third-order valence-electron chi connectivity index (χ3n) is 4.96. The van der Waals surface area contributed by atoms with Gasteiger partial charge in [-0.05, 0) is 66.9 Å². The van der Waals surface area contributed by atoms with Crippen molar-refractivity contribution < 1.29 is 22.7 Å². The molecule has 0 saturated heterocycles. The van der Waals surface area contributed by atoms with E-state index in [1.807, 2.05) is 37.3 Å². The largest absolute Gasteiger partial charge is 0.493 e. The van der Waals surface area contributed by atoms with E-state index in [2.05, 4.69) is 10.0 Å². The Morgan fingerprint density at radius 3 is 2.25 bits per heavy atom. The number of sulfonamides is 1. The maximum absolute atomic E-state index is 12.6. The maximum atomic E-state index is 12.6. The summed E-state index contributed by atoms with van der Waals surface area (Å²) in [6.45, 7) is 2.25. The third kappa shape index (κ3) is 5.59. The van der Waals surface area contributed by atoms with Crippen LogP contribution in [0.3, 0.4) is 0 Å². The summed E-state index contributed by atoms with van der Waals surface area (Å²) in [5, 5.41) is 2.84. The van der Waals surface area contributed by atoms with Crippen LogP contribution in [0.1, 0.15) is 21.5 Å². The summed E-state index contributed by atoms with van der Waals surface area (Å²) in [6, 6.07) is 18.6. The summed E-state index contributed by atoms with van der Waals surface area (Å²) < 4.78 is 38.3. The molecule has 32 heavy (non-hydrogen) atoms. The molecule has 0 heterocycles. The molecule has 0 unspecified atom stereocenters. The first kappa shape index (κ1) is 23.1. The second-order valence-electron chi connectivity index (χ2n) is 7.14. The van der Waals surface area contributed by atoms with Gasteiger partial charge in [-0.25, -0.2) is 8.42 Å². The first-order chi connectivity index (χ1) is 15.3. The van der Waals surface area contributed by atoms with Crippen LogP contribution in [0, 0.1) is 6.92 Å². The molecule has 0 aromatic heterocycles. The minimum atomic E-state index is -3.75. The van der Waals surface area contributed by atoms with E-state index in [4.69, 9.17) is 9.47 Å². The number of hydrogen-bond acceptors (Lipinski definition) is 5. The van der Waals surface area contributed by atoms with Gasteiger partial charge in [-0.3, -0.25) is 9.52 Å². The summed E-state index contributed by atoms with van der Waals surface area (Å²) in [5.74, 6) is 1.00. The number of para-hydroxylation sites is 1. The van der Waals surface area contributed by atoms with E-state index in [1.54, 1.807) is 26.4 Å². The van der Waals surface area contributed by atoms with Gasteiger partial charge in [-0.1, -0.05) is 24.3 Å². The number of anilines is 1. The number of aryl methyl sites for hydroxylation is 1. The van der Waals surface area contributed by atoms with Crippen molar-refractivity contribution in [3.8, 4) is 11.5 Å². The van der Waals surface area contributed by atoms with Gasteiger partial charge in [-0.2, -0.15) is 0 Å². The molecule has 0 aliphatic rings. The molecule has 0 aliphatic heterocycles. The topological polar surface area (TPSA) is 93.7 Å². The van der Waals surface area contributed by atoms with Crippen LogP contribution in [0.15, 0.2) is 71.6 Å². The number of benzene rings is 3. The lowest BCUT2D eigenvalue weighted by Crippen LogP contribution is -2.25. The Morgan fingerprint density at radius 1 is 0.906 bits per heavy atom. The third-order valence-corrected chi connectivity index (χ3v) is 6.34. The zero-order chi connectivity index (χ0) is 23.1. The first-order valence-electron chi connectivity index (χ1n) is 10.0. The molecule has 168 valence electrons. The van der Waals surface area contributed by atoms with E-state index < -0.39 is 10.0 Å². The summed E-state index contributed by atoms with van der Waals surface area (Å²) in [4.78, 5) is 12.5. The van der Waals surface area contributed by atoms with Crippen molar-refractivity contribution in [2.75, 3.05) is 25.5 Å². The van der Waals surface area contributed by atoms with Crippen LogP contribution >= 0.6 is 0 Å². The molecule has 0 fully saturated rings. The Labute approximate surface area is 188 Å². The van der Waals surface area contributed by atoms with Gasteiger partial charge in [0.05, 0.1) is 24.8 Å². The molecular formula is C24H26N2O5S. The summed E-state index contributed by atoms with van der Waals surface area (Å²) in [6.07, 6.45) is 0.610. The predicted octanol–water partition coefficient (Wildman–Crippen LogP) is 3.79. The van der Waals surface area contributed by atoms with E-state index in [0.29, 0.717) is 35.7 Å². The molecule has 0 radical (unpaired) electrons. The monoisotopic (exact) mass is 454 g/mol. The zero-order valence-electron chi connectivity index (χ0n) is 18.2. The summed E-state index contributed by atoms with van der Waals surface area (Å²) >= 11 is 0. The average Bonchev–Trinajstić information content (AvgIpc) is 2.80. The minimum Gasteiger partial charge on any atom is -0.493 e. The smallest absolute Gasteiger partial charge is 0.261 e. The van der Waals surface area contributed by atoms with Gasteiger partial charge in [0, 0.05) is 12.1 Å². The van der Waals surface area contributed by atoms with Gasteiger partial charge in [-0.15, -0.1) is 0 Å². The van der Waals surface area contributed by atoms with Crippen LogP contribution in [0.2, 0.25) is 0 Å². The highest BCUT2D eigenvalue weighted by atomic mass is 32.2. The Kier molecular flexibility index (Phi) is 7.37. The Bertz CT molecular complexity index is 1190. The fraction of sp³-hybridized carbons (Fsp3) is 0.208. The van der Waals surface area contributed by atoms with Crippen molar-refractivity contribution in [2.24, 2.45) is 0 Å². The van der Waals surface area contributed by atoms with E-state index in [-0.39, 0.29) is 10.8 Å². The summed E-state index contributed by atoms with van der Waals surface area (Å²) in [7, 11) is -0.598. The fourth-order valence-electron chi connectivity index (χ4n) is 3.14. The Morgan fingerprint density at radius 2 is 1.59 bits per heavy atom. The van der Waals surface area contributed by atoms with Crippen molar-refractivity contribution in [1.29, 1.82) is 0 Å². The van der Waals surface area contributed by atoms with E-state index in [9.17, 15) is 13.2 Å². The van der Waals surface area contributed by atoms with Gasteiger partial charge in [0.2, 0.25) is 0 Å². The predicted molar refractivity (Wildman–Crippen MR) is 124 cm³/mol. The number of methoxy groups -OCH3 is 2. The molecule has 0 atom stereocenters. The summed E-state index contributed by atoms with van der Waals surface area (Å²) in [5.41, 5.74) is 2.71. The van der Waals surface area contributed by atoms with Crippen molar-refractivity contribution >= 4 is 21.6 Å². The Hall–Kier alpha value is -3.52. The molecule has 2 N–H and O–H groups in total. The highest BCUT2D eigenvalue weighted by Crippen LogP contribution is 2.27. The number of carbonyl (C=O) groups is 1. The molecule has 3 aromatic rings. The lowest BCUT2D eigenvalue weighted by Gasteiger charge is -2.11. The molecule has 7 nitrogen and oxygen atoms in total. The van der Waals surface area contributed by atoms with Crippen LogP contribution in [0.5, 0.6) is 11.5 Å². The van der Waals surface area contributed by atoms with Crippen molar-refractivity contribution in [3.63, 3.8) is 0 Å². The normalized spacial score (nSPS) is 11.0. The van der Waals surface area contributed by atoms with Crippen LogP contribution < -0.4 is 19.5 Å².